The zero-order valence-corrected chi connectivity index (χ0v) is 11.5. The van der Waals surface area contributed by atoms with Crippen LogP contribution in [0.1, 0.15) is 5.69 Å². The van der Waals surface area contributed by atoms with Gasteiger partial charge in [-0.15, -0.1) is 0 Å². The van der Waals surface area contributed by atoms with Crippen LogP contribution in [0.25, 0.3) is 11.3 Å². The van der Waals surface area contributed by atoms with Crippen molar-refractivity contribution in [3.8, 4) is 11.3 Å². The van der Waals surface area contributed by atoms with Crippen molar-refractivity contribution in [2.24, 2.45) is 10.7 Å². The first-order valence-corrected chi connectivity index (χ1v) is 6.20. The summed E-state index contributed by atoms with van der Waals surface area (Å²) < 4.78 is 0. The molecule has 2 rings (SSSR count). The average molecular weight is 313 g/mol. The summed E-state index contributed by atoms with van der Waals surface area (Å²) in [5.74, 6) is -0.108. The lowest BCUT2D eigenvalue weighted by Gasteiger charge is -2.05. The molecule has 0 fully saturated rings. The van der Waals surface area contributed by atoms with Crippen LogP contribution in [0.2, 0.25) is 10.0 Å². The molecule has 0 aliphatic carbocycles. The third-order valence-corrected chi connectivity index (χ3v) is 3.14. The molecule has 0 aliphatic rings. The van der Waals surface area contributed by atoms with Gasteiger partial charge in [0.25, 0.3) is 6.41 Å². The highest BCUT2D eigenvalue weighted by atomic mass is 35.5. The van der Waals surface area contributed by atoms with Crippen LogP contribution in [-0.2, 0) is 0 Å². The van der Waals surface area contributed by atoms with Crippen LogP contribution in [0.3, 0.4) is 0 Å². The van der Waals surface area contributed by atoms with Gasteiger partial charge >= 0.3 is 0 Å². The maximum absolute atomic E-state index is 8.75. The number of amidine groups is 1. The van der Waals surface area contributed by atoms with E-state index in [1.165, 1.54) is 6.33 Å². The van der Waals surface area contributed by atoms with Gasteiger partial charge in [-0.05, 0) is 18.2 Å². The summed E-state index contributed by atoms with van der Waals surface area (Å²) in [6.07, 6.45) is -0.599. The first-order valence-electron chi connectivity index (χ1n) is 5.44. The van der Waals surface area contributed by atoms with Crippen molar-refractivity contribution in [3.05, 3.63) is 46.3 Å². The molecule has 0 saturated heterocycles. The van der Waals surface area contributed by atoms with Crippen molar-refractivity contribution in [3.63, 3.8) is 0 Å². The largest absolute Gasteiger partial charge is 0.382 e. The molecule has 0 spiro atoms. The van der Waals surface area contributed by atoms with E-state index >= 15 is 0 Å². The van der Waals surface area contributed by atoms with Gasteiger partial charge in [-0.1, -0.05) is 29.3 Å². The molecule has 0 amide bonds. The van der Waals surface area contributed by atoms with Gasteiger partial charge < -0.3 is 15.9 Å². The minimum absolute atomic E-state index is 0.108. The Morgan fingerprint density at radius 1 is 1.15 bits per heavy atom. The molecule has 104 valence electrons. The predicted molar refractivity (Wildman–Crippen MR) is 76.4 cm³/mol. The third kappa shape index (κ3) is 3.43. The topological polar surface area (TPSA) is 105 Å². The molecule has 0 atom stereocenters. The molecule has 20 heavy (non-hydrogen) atoms. The van der Waals surface area contributed by atoms with Crippen LogP contribution < -0.4 is 5.73 Å². The minimum atomic E-state index is -1.89. The number of aliphatic imine (C=N–C) groups is 1. The van der Waals surface area contributed by atoms with Gasteiger partial charge in [0.05, 0.1) is 15.7 Å². The lowest BCUT2D eigenvalue weighted by Crippen LogP contribution is -2.19. The van der Waals surface area contributed by atoms with Gasteiger partial charge in [-0.2, -0.15) is 0 Å². The van der Waals surface area contributed by atoms with E-state index in [2.05, 4.69) is 15.0 Å². The Morgan fingerprint density at radius 2 is 1.90 bits per heavy atom. The van der Waals surface area contributed by atoms with Crippen molar-refractivity contribution >= 4 is 29.0 Å². The lowest BCUT2D eigenvalue weighted by molar-refractivity contribution is -0.0310. The van der Waals surface area contributed by atoms with Gasteiger partial charge in [-0.3, -0.25) is 0 Å². The monoisotopic (exact) mass is 312 g/mol. The van der Waals surface area contributed by atoms with Gasteiger partial charge in [-0.25, -0.2) is 15.0 Å². The second kappa shape index (κ2) is 6.15. The van der Waals surface area contributed by atoms with Crippen molar-refractivity contribution in [1.82, 2.24) is 9.97 Å². The van der Waals surface area contributed by atoms with Crippen molar-refractivity contribution < 1.29 is 10.2 Å². The van der Waals surface area contributed by atoms with E-state index in [0.29, 0.717) is 15.7 Å². The molecule has 0 radical (unpaired) electrons. The quantitative estimate of drug-likeness (QED) is 0.451. The zero-order chi connectivity index (χ0) is 14.7. The Hall–Kier alpha value is -1.73. The second-order valence-corrected chi connectivity index (χ2v) is 4.59. The molecule has 6 nitrogen and oxygen atoms in total. The molecule has 0 bridgehead atoms. The molecule has 8 heteroatoms. The normalized spacial score (nSPS) is 11.9. The fourth-order valence-corrected chi connectivity index (χ4v) is 1.80. The summed E-state index contributed by atoms with van der Waals surface area (Å²) in [6.45, 7) is 0. The van der Waals surface area contributed by atoms with Gasteiger partial charge in [0, 0.05) is 5.56 Å². The van der Waals surface area contributed by atoms with E-state index in [1.807, 2.05) is 0 Å². The van der Waals surface area contributed by atoms with Crippen LogP contribution in [0, 0.1) is 0 Å². The van der Waals surface area contributed by atoms with Gasteiger partial charge in [0.1, 0.15) is 17.9 Å². The minimum Gasteiger partial charge on any atom is -0.382 e. The van der Waals surface area contributed by atoms with Crippen LogP contribution >= 0.6 is 23.2 Å². The Balaban J connectivity index is 2.41. The average Bonchev–Trinajstić information content (AvgIpc) is 2.41. The lowest BCUT2D eigenvalue weighted by atomic mass is 10.1. The number of aliphatic hydroxyl groups excluding tert-OH is 1. The summed E-state index contributed by atoms with van der Waals surface area (Å²) in [5.41, 5.74) is 7.14. The molecule has 0 unspecified atom stereocenters. The number of nitrogens with two attached hydrogens (primary N) is 1. The molecule has 4 N–H and O–H groups in total. The van der Waals surface area contributed by atoms with E-state index < -0.39 is 6.41 Å². The third-order valence-electron chi connectivity index (χ3n) is 2.40. The summed E-state index contributed by atoms with van der Waals surface area (Å²) in [5, 5.41) is 18.3. The highest BCUT2D eigenvalue weighted by Crippen LogP contribution is 2.27. The molecule has 2 aromatic rings. The number of hydrogen-bond donors (Lipinski definition) is 3. The number of nitrogens with zero attached hydrogens (tertiary/aromatic N) is 3. The first kappa shape index (κ1) is 14.7. The van der Waals surface area contributed by atoms with Crippen molar-refractivity contribution in [1.29, 1.82) is 0 Å². The SMILES string of the molecule is N/C(=N\C(O)O)c1cc(-c2ccc(Cl)c(Cl)c2)ncn1. The van der Waals surface area contributed by atoms with E-state index in [0.717, 1.165) is 5.56 Å². The van der Waals surface area contributed by atoms with E-state index in [-0.39, 0.29) is 11.5 Å². The van der Waals surface area contributed by atoms with Crippen LogP contribution in [0.15, 0.2) is 35.6 Å². The number of hydrogen-bond acceptors (Lipinski definition) is 5. The number of aromatic nitrogens is 2. The van der Waals surface area contributed by atoms with E-state index in [9.17, 15) is 0 Å². The Morgan fingerprint density at radius 3 is 2.55 bits per heavy atom. The molecular formula is C12H10Cl2N4O2. The number of aliphatic hydroxyl groups is 2. The Labute approximate surface area is 124 Å². The van der Waals surface area contributed by atoms with Gasteiger partial charge in [0.15, 0.2) is 0 Å². The van der Waals surface area contributed by atoms with E-state index in [1.54, 1.807) is 24.3 Å². The summed E-state index contributed by atoms with van der Waals surface area (Å²) in [7, 11) is 0. The smallest absolute Gasteiger partial charge is 0.255 e. The van der Waals surface area contributed by atoms with Gasteiger partial charge in [0.2, 0.25) is 0 Å². The molecule has 0 saturated carbocycles. The summed E-state index contributed by atoms with van der Waals surface area (Å²) in [6, 6.07) is 6.61. The van der Waals surface area contributed by atoms with E-state index in [4.69, 9.17) is 39.1 Å². The predicted octanol–water partition coefficient (Wildman–Crippen LogP) is 1.42. The number of rotatable bonds is 3. The first-order chi connectivity index (χ1) is 9.47. The highest BCUT2D eigenvalue weighted by Gasteiger charge is 2.08. The fourth-order valence-electron chi connectivity index (χ4n) is 1.50. The standard InChI is InChI=1S/C12H10Cl2N4O2/c13-7-2-1-6(3-8(7)14)9-4-10(17-5-16-9)11(15)18-12(19)20/h1-5,12,19-20H,(H2,15,18). The number of halogens is 2. The zero-order valence-electron chi connectivity index (χ0n) is 10.0. The molecule has 0 aliphatic heterocycles. The maximum Gasteiger partial charge on any atom is 0.255 e. The molecular weight excluding hydrogens is 303 g/mol. The summed E-state index contributed by atoms with van der Waals surface area (Å²) >= 11 is 11.8. The van der Waals surface area contributed by atoms with Crippen molar-refractivity contribution in [2.45, 2.75) is 6.41 Å². The fraction of sp³-hybridized carbons (Fsp3) is 0.0833. The molecule has 1 aromatic heterocycles. The number of benzene rings is 1. The molecule has 1 aromatic carbocycles. The van der Waals surface area contributed by atoms with Crippen LogP contribution in [0.5, 0.6) is 0 Å². The summed E-state index contributed by atoms with van der Waals surface area (Å²) in [4.78, 5) is 11.4. The maximum atomic E-state index is 8.75. The highest BCUT2D eigenvalue weighted by molar-refractivity contribution is 6.42. The Kier molecular flexibility index (Phi) is 4.51. The van der Waals surface area contributed by atoms with Crippen molar-refractivity contribution in [2.75, 3.05) is 0 Å². The van der Waals surface area contributed by atoms with Crippen LogP contribution in [-0.4, -0.2) is 32.4 Å². The Bertz CT molecular complexity index is 662. The second-order valence-electron chi connectivity index (χ2n) is 3.78. The molecule has 1 heterocycles. The van der Waals surface area contributed by atoms with Crippen LogP contribution in [0.4, 0.5) is 0 Å².